The van der Waals surface area contributed by atoms with Crippen LogP contribution in [0.5, 0.6) is 0 Å². The number of benzene rings is 7. The Labute approximate surface area is 318 Å². The molecule has 0 saturated heterocycles. The van der Waals surface area contributed by atoms with Gasteiger partial charge in [0.25, 0.3) is 0 Å². The molecule has 0 N–H and O–H groups in total. The molecule has 7 aromatic carbocycles. The number of aromatic nitrogens is 5. The van der Waals surface area contributed by atoms with Crippen LogP contribution in [0.1, 0.15) is 0 Å². The van der Waals surface area contributed by atoms with Gasteiger partial charge in [0.05, 0.1) is 22.4 Å². The number of fused-ring (bicyclic) bond motifs is 2. The Kier molecular flexibility index (Phi) is 8.08. The quantitative estimate of drug-likeness (QED) is 0.166. The molecule has 0 aliphatic rings. The number of para-hydroxylation sites is 2. The average Bonchev–Trinajstić information content (AvgIpc) is 3.67. The topological polar surface area (TPSA) is 56.5 Å². The van der Waals surface area contributed by atoms with Gasteiger partial charge in [0, 0.05) is 28.6 Å². The van der Waals surface area contributed by atoms with Gasteiger partial charge in [0.1, 0.15) is 5.69 Å². The lowest BCUT2D eigenvalue weighted by Gasteiger charge is -2.14. The van der Waals surface area contributed by atoms with Crippen molar-refractivity contribution in [2.45, 2.75) is 0 Å². The van der Waals surface area contributed by atoms with Crippen LogP contribution in [-0.4, -0.2) is 24.5 Å². The van der Waals surface area contributed by atoms with Gasteiger partial charge < -0.3 is 0 Å². The van der Waals surface area contributed by atoms with Crippen LogP contribution < -0.4 is 0 Å². The number of hydrogen-bond donors (Lipinski definition) is 0. The lowest BCUT2D eigenvalue weighted by Crippen LogP contribution is -1.98. The summed E-state index contributed by atoms with van der Waals surface area (Å²) < 4.78 is 2.20. The Morgan fingerprint density at radius 2 is 1.05 bits per heavy atom. The van der Waals surface area contributed by atoms with Crippen molar-refractivity contribution >= 4 is 21.8 Å². The maximum Gasteiger partial charge on any atom is 0.164 e. The third-order valence-corrected chi connectivity index (χ3v) is 10.1. The smallest absolute Gasteiger partial charge is 0.164 e. The van der Waals surface area contributed by atoms with E-state index < -0.39 is 0 Å². The summed E-state index contributed by atoms with van der Waals surface area (Å²) in [5, 5.41) is 2.38. The van der Waals surface area contributed by atoms with Crippen LogP contribution in [0.2, 0.25) is 0 Å². The number of pyridine rings is 1. The van der Waals surface area contributed by atoms with Crippen molar-refractivity contribution in [2.75, 3.05) is 0 Å². The predicted molar refractivity (Wildman–Crippen MR) is 225 cm³/mol. The zero-order valence-electron chi connectivity index (χ0n) is 29.8. The standard InChI is InChI=1S/C50H33N5/c1-3-14-35(15-4-1)46-33-47(53-49(52-46)36-16-5-2-6-17-36)39-20-13-19-37(30-39)40-31-38-18-7-8-21-42(38)43(32-40)34-25-27-41(28-26-34)55-48-24-10-9-22-44(48)54-50(55)45-23-11-12-29-51-45/h1-33H. The molecule has 0 fully saturated rings. The van der Waals surface area contributed by atoms with E-state index in [4.69, 9.17) is 15.0 Å². The van der Waals surface area contributed by atoms with E-state index in [1.807, 2.05) is 66.9 Å². The highest BCUT2D eigenvalue weighted by Crippen LogP contribution is 2.37. The van der Waals surface area contributed by atoms with Gasteiger partial charge in [-0.1, -0.05) is 133 Å². The van der Waals surface area contributed by atoms with Crippen molar-refractivity contribution in [3.8, 4) is 73.4 Å². The fraction of sp³-hybridized carbons (Fsp3) is 0. The SMILES string of the molecule is c1ccc(-c2cc(-c3cccc(-c4cc(-c5ccc(-n6c(-c7ccccn7)nc7ccccc76)cc5)c5ccccc5c4)c3)nc(-c3ccccc3)n2)cc1. The summed E-state index contributed by atoms with van der Waals surface area (Å²) in [6, 6.07) is 67.5. The van der Waals surface area contributed by atoms with Crippen molar-refractivity contribution in [3.05, 3.63) is 200 Å². The van der Waals surface area contributed by atoms with Crippen LogP contribution in [0, 0.1) is 0 Å². The fourth-order valence-corrected chi connectivity index (χ4v) is 7.39. The van der Waals surface area contributed by atoms with Crippen LogP contribution in [0.4, 0.5) is 0 Å². The zero-order chi connectivity index (χ0) is 36.6. The molecule has 0 spiro atoms. The van der Waals surface area contributed by atoms with E-state index in [1.54, 1.807) is 0 Å². The van der Waals surface area contributed by atoms with Crippen LogP contribution in [0.25, 0.3) is 95.2 Å². The fourth-order valence-electron chi connectivity index (χ4n) is 7.39. The minimum atomic E-state index is 0.703. The van der Waals surface area contributed by atoms with E-state index in [-0.39, 0.29) is 0 Å². The molecule has 3 heterocycles. The van der Waals surface area contributed by atoms with Gasteiger partial charge in [-0.2, -0.15) is 0 Å². The van der Waals surface area contributed by atoms with Crippen molar-refractivity contribution in [1.82, 2.24) is 24.5 Å². The van der Waals surface area contributed by atoms with E-state index in [0.29, 0.717) is 5.82 Å². The van der Waals surface area contributed by atoms with Crippen molar-refractivity contribution < 1.29 is 0 Å². The first-order valence-corrected chi connectivity index (χ1v) is 18.4. The first-order valence-electron chi connectivity index (χ1n) is 18.4. The molecule has 10 aromatic rings. The molecule has 0 unspecified atom stereocenters. The van der Waals surface area contributed by atoms with E-state index in [0.717, 1.165) is 73.0 Å². The van der Waals surface area contributed by atoms with Crippen LogP contribution in [0.15, 0.2) is 200 Å². The second-order valence-electron chi connectivity index (χ2n) is 13.5. The molecular formula is C50H33N5. The highest BCUT2D eigenvalue weighted by Gasteiger charge is 2.17. The van der Waals surface area contributed by atoms with Crippen molar-refractivity contribution in [1.29, 1.82) is 0 Å². The Morgan fingerprint density at radius 1 is 0.382 bits per heavy atom. The average molecular weight is 704 g/mol. The van der Waals surface area contributed by atoms with Gasteiger partial charge in [0.2, 0.25) is 0 Å². The largest absolute Gasteiger partial charge is 0.291 e. The second-order valence-corrected chi connectivity index (χ2v) is 13.5. The Morgan fingerprint density at radius 3 is 1.85 bits per heavy atom. The molecule has 0 amide bonds. The molecule has 0 atom stereocenters. The van der Waals surface area contributed by atoms with Crippen LogP contribution in [-0.2, 0) is 0 Å². The maximum absolute atomic E-state index is 5.10. The van der Waals surface area contributed by atoms with Crippen molar-refractivity contribution in [2.24, 2.45) is 0 Å². The number of nitrogens with zero attached hydrogens (tertiary/aromatic N) is 5. The molecule has 5 nitrogen and oxygen atoms in total. The van der Waals surface area contributed by atoms with Crippen molar-refractivity contribution in [3.63, 3.8) is 0 Å². The zero-order valence-corrected chi connectivity index (χ0v) is 29.8. The lowest BCUT2D eigenvalue weighted by molar-refractivity contribution is 1.08. The molecular weight excluding hydrogens is 671 g/mol. The molecule has 0 aliphatic carbocycles. The summed E-state index contributed by atoms with van der Waals surface area (Å²) in [4.78, 5) is 19.7. The Balaban J connectivity index is 1.07. The van der Waals surface area contributed by atoms with E-state index >= 15 is 0 Å². The normalized spacial score (nSPS) is 11.3. The van der Waals surface area contributed by atoms with E-state index in [1.165, 1.54) is 16.3 Å². The molecule has 3 aromatic heterocycles. The first-order chi connectivity index (χ1) is 27.2. The van der Waals surface area contributed by atoms with Gasteiger partial charge >= 0.3 is 0 Å². The summed E-state index contributed by atoms with van der Waals surface area (Å²) in [5.74, 6) is 1.52. The third kappa shape index (κ3) is 6.14. The minimum absolute atomic E-state index is 0.703. The van der Waals surface area contributed by atoms with Gasteiger partial charge in [-0.15, -0.1) is 0 Å². The highest BCUT2D eigenvalue weighted by molar-refractivity contribution is 6.00. The molecule has 0 bridgehead atoms. The molecule has 5 heteroatoms. The monoisotopic (exact) mass is 703 g/mol. The number of hydrogen-bond acceptors (Lipinski definition) is 4. The summed E-state index contributed by atoms with van der Waals surface area (Å²) in [7, 11) is 0. The lowest BCUT2D eigenvalue weighted by atomic mass is 9.92. The predicted octanol–water partition coefficient (Wildman–Crippen LogP) is 12.4. The van der Waals surface area contributed by atoms with E-state index in [2.05, 4.69) is 143 Å². The number of rotatable bonds is 7. The van der Waals surface area contributed by atoms with Gasteiger partial charge in [-0.05, 0) is 93.7 Å². The summed E-state index contributed by atoms with van der Waals surface area (Å²) in [5.41, 5.74) is 13.2. The van der Waals surface area contributed by atoms with E-state index in [9.17, 15) is 0 Å². The van der Waals surface area contributed by atoms with Gasteiger partial charge in [-0.3, -0.25) is 9.55 Å². The molecule has 0 saturated carbocycles. The van der Waals surface area contributed by atoms with Gasteiger partial charge in [0.15, 0.2) is 11.6 Å². The highest BCUT2D eigenvalue weighted by atomic mass is 15.1. The molecule has 10 rings (SSSR count). The molecule has 258 valence electrons. The van der Waals surface area contributed by atoms with Gasteiger partial charge in [-0.25, -0.2) is 15.0 Å². The first kappa shape index (κ1) is 32.2. The summed E-state index contributed by atoms with van der Waals surface area (Å²) in [6.07, 6.45) is 1.81. The second kappa shape index (κ2) is 13.8. The Hall–Kier alpha value is -7.50. The van der Waals surface area contributed by atoms with Crippen LogP contribution >= 0.6 is 0 Å². The third-order valence-electron chi connectivity index (χ3n) is 10.1. The Bertz CT molecular complexity index is 2900. The molecule has 55 heavy (non-hydrogen) atoms. The maximum atomic E-state index is 5.10. The number of imidazole rings is 1. The van der Waals surface area contributed by atoms with Crippen LogP contribution in [0.3, 0.4) is 0 Å². The summed E-state index contributed by atoms with van der Waals surface area (Å²) >= 11 is 0. The molecule has 0 aliphatic heterocycles. The molecule has 0 radical (unpaired) electrons. The summed E-state index contributed by atoms with van der Waals surface area (Å²) in [6.45, 7) is 0. The minimum Gasteiger partial charge on any atom is -0.291 e.